The molecule has 1 unspecified atom stereocenters. The first kappa shape index (κ1) is 20.7. The van der Waals surface area contributed by atoms with Crippen molar-refractivity contribution in [3.05, 3.63) is 89.7 Å². The Bertz CT molecular complexity index is 1260. The summed E-state index contributed by atoms with van der Waals surface area (Å²) in [6.45, 7) is 0.986. The maximum absolute atomic E-state index is 13.6. The normalized spacial score (nSPS) is 21.6. The molecule has 2 aliphatic heterocycles. The van der Waals surface area contributed by atoms with E-state index >= 15 is 0 Å². The molecular weight excluding hydrogens is 426 g/mol. The van der Waals surface area contributed by atoms with Crippen LogP contribution < -0.4 is 4.74 Å². The molecule has 0 saturated carbocycles. The standard InChI is InChI=1S/C24H23N3O4S/c1-31-20-10-8-18(9-11-20)16-27-24(21-6-2-3-7-22(21)32(27,29)30)12-14-26(17-24)23(28)19-5-4-13-25-15-19/h2-11,13,15H,12,14,16-17H2,1H3. The first-order chi connectivity index (χ1) is 15.5. The summed E-state index contributed by atoms with van der Waals surface area (Å²) in [5.41, 5.74) is 1.32. The van der Waals surface area contributed by atoms with Crippen LogP contribution in [-0.4, -0.2) is 48.7 Å². The molecule has 0 N–H and O–H groups in total. The van der Waals surface area contributed by atoms with Crippen molar-refractivity contribution in [1.29, 1.82) is 0 Å². The number of carbonyl (C=O) groups is 1. The van der Waals surface area contributed by atoms with Crippen LogP contribution in [0, 0.1) is 0 Å². The molecule has 8 heteroatoms. The van der Waals surface area contributed by atoms with Crippen molar-refractivity contribution in [2.75, 3.05) is 20.2 Å². The van der Waals surface area contributed by atoms with Crippen LogP contribution in [0.5, 0.6) is 5.75 Å². The highest BCUT2D eigenvalue weighted by Gasteiger charge is 2.57. The summed E-state index contributed by atoms with van der Waals surface area (Å²) in [5.74, 6) is 0.575. The Morgan fingerprint density at radius 3 is 2.59 bits per heavy atom. The first-order valence-electron chi connectivity index (χ1n) is 10.4. The van der Waals surface area contributed by atoms with Crippen LogP contribution in [0.2, 0.25) is 0 Å². The minimum atomic E-state index is -3.71. The fraction of sp³-hybridized carbons (Fsp3) is 0.250. The van der Waals surface area contributed by atoms with Gasteiger partial charge in [0.05, 0.1) is 23.1 Å². The first-order valence-corrected chi connectivity index (χ1v) is 11.8. The van der Waals surface area contributed by atoms with Crippen molar-refractivity contribution < 1.29 is 17.9 Å². The van der Waals surface area contributed by atoms with Crippen molar-refractivity contribution in [3.8, 4) is 5.75 Å². The molecule has 32 heavy (non-hydrogen) atoms. The van der Waals surface area contributed by atoms with Gasteiger partial charge in [-0.05, 0) is 47.9 Å². The summed E-state index contributed by atoms with van der Waals surface area (Å²) < 4.78 is 34.0. The third-order valence-electron chi connectivity index (χ3n) is 6.36. The van der Waals surface area contributed by atoms with E-state index in [2.05, 4.69) is 4.98 Å². The Kier molecular flexibility index (Phi) is 4.98. The number of hydrogen-bond acceptors (Lipinski definition) is 5. The van der Waals surface area contributed by atoms with Gasteiger partial charge in [-0.2, -0.15) is 4.31 Å². The van der Waals surface area contributed by atoms with Crippen LogP contribution >= 0.6 is 0 Å². The quantitative estimate of drug-likeness (QED) is 0.612. The monoisotopic (exact) mass is 449 g/mol. The number of sulfonamides is 1. The van der Waals surface area contributed by atoms with Crippen LogP contribution in [0.25, 0.3) is 0 Å². The maximum atomic E-state index is 13.6. The van der Waals surface area contributed by atoms with Crippen molar-refractivity contribution in [2.45, 2.75) is 23.4 Å². The van der Waals surface area contributed by atoms with Gasteiger partial charge in [0.1, 0.15) is 5.75 Å². The van der Waals surface area contributed by atoms with Gasteiger partial charge in [0.25, 0.3) is 5.91 Å². The molecule has 2 aliphatic rings. The molecule has 2 aromatic carbocycles. The molecule has 1 fully saturated rings. The molecule has 3 heterocycles. The van der Waals surface area contributed by atoms with Crippen molar-refractivity contribution >= 4 is 15.9 Å². The molecule has 0 radical (unpaired) electrons. The van der Waals surface area contributed by atoms with Crippen LogP contribution in [-0.2, 0) is 22.1 Å². The smallest absolute Gasteiger partial charge is 0.255 e. The summed E-state index contributed by atoms with van der Waals surface area (Å²) in [6.07, 6.45) is 3.70. The van der Waals surface area contributed by atoms with Gasteiger partial charge in [0.2, 0.25) is 10.0 Å². The summed E-state index contributed by atoms with van der Waals surface area (Å²) in [6, 6.07) is 18.0. The van der Waals surface area contributed by atoms with Crippen LogP contribution in [0.1, 0.15) is 27.9 Å². The zero-order valence-electron chi connectivity index (χ0n) is 17.6. The van der Waals surface area contributed by atoms with Gasteiger partial charge >= 0.3 is 0 Å². The highest BCUT2D eigenvalue weighted by molar-refractivity contribution is 7.89. The van der Waals surface area contributed by atoms with Gasteiger partial charge in [-0.3, -0.25) is 9.78 Å². The number of likely N-dealkylation sites (tertiary alicyclic amines) is 1. The second-order valence-electron chi connectivity index (χ2n) is 8.11. The van der Waals surface area contributed by atoms with Crippen molar-refractivity contribution in [1.82, 2.24) is 14.2 Å². The van der Waals surface area contributed by atoms with Crippen LogP contribution in [0.3, 0.4) is 0 Å². The number of carbonyl (C=O) groups excluding carboxylic acids is 1. The Balaban J connectivity index is 1.54. The molecular formula is C24H23N3O4S. The lowest BCUT2D eigenvalue weighted by Gasteiger charge is -2.34. The number of amides is 1. The second kappa shape index (κ2) is 7.72. The van der Waals surface area contributed by atoms with Gasteiger partial charge in [-0.25, -0.2) is 8.42 Å². The van der Waals surface area contributed by atoms with Gasteiger partial charge in [0, 0.05) is 32.0 Å². The number of aromatic nitrogens is 1. The van der Waals surface area contributed by atoms with E-state index in [1.54, 1.807) is 53.0 Å². The average Bonchev–Trinajstić information content (AvgIpc) is 3.35. The highest BCUT2D eigenvalue weighted by Crippen LogP contribution is 2.50. The van der Waals surface area contributed by atoms with E-state index in [1.165, 1.54) is 0 Å². The number of rotatable bonds is 4. The van der Waals surface area contributed by atoms with E-state index in [9.17, 15) is 13.2 Å². The van der Waals surface area contributed by atoms with Gasteiger partial charge < -0.3 is 9.64 Å². The van der Waals surface area contributed by atoms with Crippen molar-refractivity contribution in [2.24, 2.45) is 0 Å². The minimum absolute atomic E-state index is 0.138. The molecule has 3 aromatic rings. The van der Waals surface area contributed by atoms with E-state index in [0.717, 1.165) is 11.1 Å². The summed E-state index contributed by atoms with van der Waals surface area (Å²) >= 11 is 0. The van der Waals surface area contributed by atoms with E-state index < -0.39 is 15.6 Å². The van der Waals surface area contributed by atoms with E-state index in [0.29, 0.717) is 35.7 Å². The Hall–Kier alpha value is -3.23. The third-order valence-corrected chi connectivity index (χ3v) is 8.33. The summed E-state index contributed by atoms with van der Waals surface area (Å²) in [5, 5.41) is 0. The SMILES string of the molecule is COc1ccc(CN2C3(CCN(C(=O)c4cccnc4)C3)c3ccccc3S2(=O)=O)cc1. The average molecular weight is 450 g/mol. The van der Waals surface area contributed by atoms with E-state index in [-0.39, 0.29) is 12.5 Å². The van der Waals surface area contributed by atoms with Gasteiger partial charge in [0.15, 0.2) is 0 Å². The molecule has 0 aliphatic carbocycles. The number of benzene rings is 2. The molecule has 1 saturated heterocycles. The third kappa shape index (κ3) is 3.18. The molecule has 164 valence electrons. The molecule has 1 atom stereocenters. The lowest BCUT2D eigenvalue weighted by Crippen LogP contribution is -2.46. The fourth-order valence-corrected chi connectivity index (χ4v) is 6.80. The summed E-state index contributed by atoms with van der Waals surface area (Å²) in [7, 11) is -2.12. The molecule has 1 aromatic heterocycles. The predicted molar refractivity (Wildman–Crippen MR) is 119 cm³/mol. The van der Waals surface area contributed by atoms with E-state index in [4.69, 9.17) is 4.74 Å². The second-order valence-corrected chi connectivity index (χ2v) is 9.94. The summed E-state index contributed by atoms with van der Waals surface area (Å²) in [4.78, 5) is 19.2. The van der Waals surface area contributed by atoms with Gasteiger partial charge in [-0.1, -0.05) is 30.3 Å². The predicted octanol–water partition coefficient (Wildman–Crippen LogP) is 3.04. The van der Waals surface area contributed by atoms with Gasteiger partial charge in [-0.15, -0.1) is 0 Å². The number of fused-ring (bicyclic) bond motifs is 2. The minimum Gasteiger partial charge on any atom is -0.497 e. The highest BCUT2D eigenvalue weighted by atomic mass is 32.2. The van der Waals surface area contributed by atoms with Crippen molar-refractivity contribution in [3.63, 3.8) is 0 Å². The molecule has 0 bridgehead atoms. The Morgan fingerprint density at radius 1 is 1.09 bits per heavy atom. The Morgan fingerprint density at radius 2 is 1.88 bits per heavy atom. The largest absolute Gasteiger partial charge is 0.497 e. The number of ether oxygens (including phenoxy) is 1. The molecule has 1 amide bonds. The number of methoxy groups -OCH3 is 1. The number of pyridine rings is 1. The lowest BCUT2D eigenvalue weighted by molar-refractivity contribution is 0.0762. The van der Waals surface area contributed by atoms with Crippen LogP contribution in [0.15, 0.2) is 78.0 Å². The molecule has 5 rings (SSSR count). The maximum Gasteiger partial charge on any atom is 0.255 e. The Labute approximate surface area is 187 Å². The fourth-order valence-electron chi connectivity index (χ4n) is 4.75. The topological polar surface area (TPSA) is 79.8 Å². The molecule has 7 nitrogen and oxygen atoms in total. The number of nitrogens with zero attached hydrogens (tertiary/aromatic N) is 3. The van der Waals surface area contributed by atoms with E-state index in [1.807, 2.05) is 36.4 Å². The number of hydrogen-bond donors (Lipinski definition) is 0. The van der Waals surface area contributed by atoms with Crippen LogP contribution in [0.4, 0.5) is 0 Å². The zero-order valence-corrected chi connectivity index (χ0v) is 18.5. The molecule has 1 spiro atoms. The lowest BCUT2D eigenvalue weighted by atomic mass is 9.88. The zero-order chi connectivity index (χ0) is 22.3.